The molecule has 15 heavy (non-hydrogen) atoms. The van der Waals surface area contributed by atoms with Crippen LogP contribution in [0.5, 0.6) is 0 Å². The summed E-state index contributed by atoms with van der Waals surface area (Å²) in [5.74, 6) is 1.01. The lowest BCUT2D eigenvalue weighted by atomic mass is 9.94. The van der Waals surface area contributed by atoms with Gasteiger partial charge in [0, 0.05) is 24.9 Å². The van der Waals surface area contributed by atoms with Gasteiger partial charge in [0.15, 0.2) is 0 Å². The van der Waals surface area contributed by atoms with Gasteiger partial charge in [-0.3, -0.25) is 4.90 Å². The molecule has 0 bridgehead atoms. The van der Waals surface area contributed by atoms with Crippen LogP contribution in [0.2, 0.25) is 0 Å². The third kappa shape index (κ3) is 4.11. The van der Waals surface area contributed by atoms with Gasteiger partial charge in [-0.05, 0) is 32.6 Å². The van der Waals surface area contributed by atoms with E-state index in [1.54, 1.807) is 0 Å². The molecule has 0 radical (unpaired) electrons. The largest absolute Gasteiger partial charge is 0.297 e. The SMILES string of the molecule is CC1CCC(CS(C)(=O)=O)N(C(C)C)C1. The highest BCUT2D eigenvalue weighted by atomic mass is 32.2. The quantitative estimate of drug-likeness (QED) is 0.742. The number of nitrogens with zero attached hydrogens (tertiary/aromatic N) is 1. The summed E-state index contributed by atoms with van der Waals surface area (Å²) < 4.78 is 22.6. The van der Waals surface area contributed by atoms with Gasteiger partial charge >= 0.3 is 0 Å². The van der Waals surface area contributed by atoms with Crippen LogP contribution in [0.3, 0.4) is 0 Å². The van der Waals surface area contributed by atoms with Crippen LogP contribution in [0, 0.1) is 5.92 Å². The molecule has 1 fully saturated rings. The summed E-state index contributed by atoms with van der Waals surface area (Å²) >= 11 is 0. The van der Waals surface area contributed by atoms with Crippen LogP contribution in [0.4, 0.5) is 0 Å². The zero-order valence-corrected chi connectivity index (χ0v) is 11.0. The molecule has 1 rings (SSSR count). The van der Waals surface area contributed by atoms with E-state index in [0.717, 1.165) is 19.4 Å². The summed E-state index contributed by atoms with van der Waals surface area (Å²) in [7, 11) is -2.85. The third-order valence-electron chi connectivity index (χ3n) is 3.14. The number of piperidine rings is 1. The van der Waals surface area contributed by atoms with Crippen molar-refractivity contribution in [2.45, 2.75) is 45.7 Å². The van der Waals surface area contributed by atoms with Crippen molar-refractivity contribution in [1.29, 1.82) is 0 Å². The molecule has 2 unspecified atom stereocenters. The molecule has 1 heterocycles. The highest BCUT2D eigenvalue weighted by molar-refractivity contribution is 7.90. The van der Waals surface area contributed by atoms with E-state index in [4.69, 9.17) is 0 Å². The molecule has 0 aromatic rings. The minimum absolute atomic E-state index is 0.233. The van der Waals surface area contributed by atoms with Crippen LogP contribution in [0.1, 0.15) is 33.6 Å². The maximum absolute atomic E-state index is 11.3. The lowest BCUT2D eigenvalue weighted by molar-refractivity contribution is 0.0941. The lowest BCUT2D eigenvalue weighted by Crippen LogP contribution is -2.49. The first-order chi connectivity index (χ1) is 6.79. The smallest absolute Gasteiger partial charge is 0.148 e. The second-order valence-corrected chi connectivity index (χ2v) is 7.40. The molecule has 4 heteroatoms. The van der Waals surface area contributed by atoms with Crippen molar-refractivity contribution in [3.05, 3.63) is 0 Å². The maximum Gasteiger partial charge on any atom is 0.148 e. The van der Waals surface area contributed by atoms with Crippen molar-refractivity contribution in [3.63, 3.8) is 0 Å². The number of hydrogen-bond donors (Lipinski definition) is 0. The monoisotopic (exact) mass is 233 g/mol. The molecule has 0 aliphatic carbocycles. The van der Waals surface area contributed by atoms with Gasteiger partial charge in [0.2, 0.25) is 0 Å². The molecule has 0 saturated carbocycles. The first-order valence-corrected chi connectivity index (χ1v) is 7.79. The van der Waals surface area contributed by atoms with Crippen LogP contribution in [-0.4, -0.2) is 44.0 Å². The number of sulfone groups is 1. The lowest BCUT2D eigenvalue weighted by Gasteiger charge is -2.41. The molecule has 1 aliphatic heterocycles. The van der Waals surface area contributed by atoms with Crippen molar-refractivity contribution in [1.82, 2.24) is 4.90 Å². The Labute approximate surface area is 93.8 Å². The Bertz CT molecular complexity index is 298. The molecule has 0 spiro atoms. The number of likely N-dealkylation sites (tertiary alicyclic amines) is 1. The van der Waals surface area contributed by atoms with Crippen molar-refractivity contribution < 1.29 is 8.42 Å². The van der Waals surface area contributed by atoms with Crippen LogP contribution >= 0.6 is 0 Å². The predicted octanol–water partition coefficient (Wildman–Crippen LogP) is 1.54. The van der Waals surface area contributed by atoms with Crippen LogP contribution in [-0.2, 0) is 9.84 Å². The Morgan fingerprint density at radius 3 is 2.40 bits per heavy atom. The number of hydrogen-bond acceptors (Lipinski definition) is 3. The average Bonchev–Trinajstić information content (AvgIpc) is 2.05. The van der Waals surface area contributed by atoms with E-state index in [1.807, 2.05) is 0 Å². The Balaban J connectivity index is 2.69. The Kier molecular flexibility index (Phi) is 4.18. The molecule has 1 aliphatic rings. The summed E-state index contributed by atoms with van der Waals surface area (Å²) in [6.07, 6.45) is 3.51. The van der Waals surface area contributed by atoms with Gasteiger partial charge in [-0.1, -0.05) is 6.92 Å². The van der Waals surface area contributed by atoms with E-state index in [9.17, 15) is 8.42 Å². The molecule has 1 saturated heterocycles. The maximum atomic E-state index is 11.3. The van der Waals surface area contributed by atoms with E-state index >= 15 is 0 Å². The predicted molar refractivity (Wildman–Crippen MR) is 63.7 cm³/mol. The van der Waals surface area contributed by atoms with E-state index in [2.05, 4.69) is 25.7 Å². The summed E-state index contributed by atoms with van der Waals surface area (Å²) in [6, 6.07) is 0.677. The molecule has 0 aromatic carbocycles. The van der Waals surface area contributed by atoms with Crippen molar-refractivity contribution in [2.75, 3.05) is 18.6 Å². The van der Waals surface area contributed by atoms with Gasteiger partial charge in [-0.25, -0.2) is 8.42 Å². The van der Waals surface area contributed by atoms with E-state index in [0.29, 0.717) is 17.7 Å². The zero-order valence-electron chi connectivity index (χ0n) is 10.2. The molecule has 90 valence electrons. The van der Waals surface area contributed by atoms with Crippen molar-refractivity contribution >= 4 is 9.84 Å². The Morgan fingerprint density at radius 2 is 1.93 bits per heavy atom. The zero-order chi connectivity index (χ0) is 11.6. The fourth-order valence-corrected chi connectivity index (χ4v) is 3.46. The summed E-state index contributed by atoms with van der Waals surface area (Å²) in [5, 5.41) is 0. The van der Waals surface area contributed by atoms with Gasteiger partial charge in [0.25, 0.3) is 0 Å². The van der Waals surface area contributed by atoms with E-state index in [-0.39, 0.29) is 6.04 Å². The molecule has 2 atom stereocenters. The fourth-order valence-electron chi connectivity index (χ4n) is 2.40. The molecule has 0 aromatic heterocycles. The molecule has 3 nitrogen and oxygen atoms in total. The van der Waals surface area contributed by atoms with Gasteiger partial charge in [-0.15, -0.1) is 0 Å². The molecular formula is C11H23NO2S. The van der Waals surface area contributed by atoms with Gasteiger partial charge in [0.1, 0.15) is 9.84 Å². The van der Waals surface area contributed by atoms with Crippen molar-refractivity contribution in [2.24, 2.45) is 5.92 Å². The standard InChI is InChI=1S/C11H23NO2S/c1-9(2)12-7-10(3)5-6-11(12)8-15(4,13)14/h9-11H,5-8H2,1-4H3. The highest BCUT2D eigenvalue weighted by Gasteiger charge is 2.29. The van der Waals surface area contributed by atoms with E-state index in [1.165, 1.54) is 6.26 Å². The summed E-state index contributed by atoms with van der Waals surface area (Å²) in [6.45, 7) is 7.57. The van der Waals surface area contributed by atoms with Crippen LogP contribution < -0.4 is 0 Å². The molecular weight excluding hydrogens is 210 g/mol. The van der Waals surface area contributed by atoms with Crippen LogP contribution in [0.25, 0.3) is 0 Å². The number of rotatable bonds is 3. The van der Waals surface area contributed by atoms with Gasteiger partial charge in [0.05, 0.1) is 5.75 Å². The van der Waals surface area contributed by atoms with Crippen molar-refractivity contribution in [3.8, 4) is 0 Å². The Hall–Kier alpha value is -0.0900. The third-order valence-corrected chi connectivity index (χ3v) is 4.13. The Morgan fingerprint density at radius 1 is 1.33 bits per heavy atom. The fraction of sp³-hybridized carbons (Fsp3) is 1.00. The first kappa shape index (κ1) is 13.0. The highest BCUT2D eigenvalue weighted by Crippen LogP contribution is 2.24. The summed E-state index contributed by atoms with van der Waals surface area (Å²) in [4.78, 5) is 2.34. The normalized spacial score (nSPS) is 29.7. The minimum atomic E-state index is -2.85. The molecule has 0 amide bonds. The van der Waals surface area contributed by atoms with Gasteiger partial charge in [-0.2, -0.15) is 0 Å². The van der Waals surface area contributed by atoms with Gasteiger partial charge < -0.3 is 0 Å². The first-order valence-electron chi connectivity index (χ1n) is 5.73. The summed E-state index contributed by atoms with van der Waals surface area (Å²) in [5.41, 5.74) is 0. The second-order valence-electron chi connectivity index (χ2n) is 5.22. The van der Waals surface area contributed by atoms with E-state index < -0.39 is 9.84 Å². The molecule has 0 N–H and O–H groups in total. The topological polar surface area (TPSA) is 37.4 Å². The average molecular weight is 233 g/mol. The van der Waals surface area contributed by atoms with Crippen LogP contribution in [0.15, 0.2) is 0 Å². The minimum Gasteiger partial charge on any atom is -0.297 e. The second kappa shape index (κ2) is 4.83.